The molecule has 0 aliphatic carbocycles. The average molecular weight is 467 g/mol. The number of piperazine rings is 1. The van der Waals surface area contributed by atoms with Gasteiger partial charge in [0.05, 0.1) is 5.56 Å². The van der Waals surface area contributed by atoms with Crippen LogP contribution in [0.3, 0.4) is 0 Å². The van der Waals surface area contributed by atoms with Gasteiger partial charge in [0.1, 0.15) is 0 Å². The van der Waals surface area contributed by atoms with Gasteiger partial charge in [0.2, 0.25) is 5.91 Å². The molecule has 2 aliphatic rings. The van der Waals surface area contributed by atoms with Gasteiger partial charge >= 0.3 is 6.18 Å². The maximum absolute atomic E-state index is 13.5. The van der Waals surface area contributed by atoms with E-state index in [-0.39, 0.29) is 18.5 Å². The SMILES string of the molecule is O=C1CC[C@H](N2CCN(c3cccc(C(F)(F)F)c3)CC2)CCN1Cc1ccc(F)c(F)c1. The van der Waals surface area contributed by atoms with Crippen molar-refractivity contribution in [2.75, 3.05) is 37.6 Å². The van der Waals surface area contributed by atoms with Crippen LogP contribution in [0.1, 0.15) is 30.4 Å². The number of alkyl halides is 3. The highest BCUT2D eigenvalue weighted by Crippen LogP contribution is 2.32. The molecule has 0 unspecified atom stereocenters. The second-order valence-corrected chi connectivity index (χ2v) is 8.62. The number of likely N-dealkylation sites (tertiary alicyclic amines) is 1. The second kappa shape index (κ2) is 9.67. The minimum Gasteiger partial charge on any atom is -0.369 e. The summed E-state index contributed by atoms with van der Waals surface area (Å²) in [7, 11) is 0. The molecule has 178 valence electrons. The Hall–Kier alpha value is -2.68. The Balaban J connectivity index is 1.33. The van der Waals surface area contributed by atoms with Gasteiger partial charge in [-0.25, -0.2) is 8.78 Å². The Morgan fingerprint density at radius 1 is 0.879 bits per heavy atom. The Morgan fingerprint density at radius 3 is 2.33 bits per heavy atom. The zero-order valence-electron chi connectivity index (χ0n) is 18.1. The molecule has 1 amide bonds. The van der Waals surface area contributed by atoms with E-state index in [1.165, 1.54) is 18.2 Å². The van der Waals surface area contributed by atoms with Crippen LogP contribution in [-0.4, -0.2) is 54.5 Å². The van der Waals surface area contributed by atoms with Gasteiger partial charge in [-0.3, -0.25) is 9.69 Å². The van der Waals surface area contributed by atoms with E-state index in [0.717, 1.165) is 24.6 Å². The smallest absolute Gasteiger partial charge is 0.369 e. The van der Waals surface area contributed by atoms with Gasteiger partial charge in [-0.15, -0.1) is 0 Å². The fourth-order valence-corrected chi connectivity index (χ4v) is 4.64. The maximum atomic E-state index is 13.5. The molecule has 0 radical (unpaired) electrons. The van der Waals surface area contributed by atoms with E-state index in [2.05, 4.69) is 4.90 Å². The van der Waals surface area contributed by atoms with Crippen LogP contribution < -0.4 is 4.90 Å². The van der Waals surface area contributed by atoms with Crippen molar-refractivity contribution in [3.8, 4) is 0 Å². The van der Waals surface area contributed by atoms with Crippen LogP contribution in [0.5, 0.6) is 0 Å². The molecule has 4 nitrogen and oxygen atoms in total. The third-order valence-electron chi connectivity index (χ3n) is 6.50. The van der Waals surface area contributed by atoms with E-state index in [4.69, 9.17) is 0 Å². The van der Waals surface area contributed by atoms with E-state index >= 15 is 0 Å². The first-order valence-corrected chi connectivity index (χ1v) is 11.1. The number of rotatable bonds is 4. The molecule has 2 aromatic carbocycles. The summed E-state index contributed by atoms with van der Waals surface area (Å²) in [4.78, 5) is 18.5. The molecule has 1 atom stereocenters. The molecular weight excluding hydrogens is 441 g/mol. The molecule has 4 rings (SSSR count). The fourth-order valence-electron chi connectivity index (χ4n) is 4.64. The topological polar surface area (TPSA) is 26.8 Å². The second-order valence-electron chi connectivity index (χ2n) is 8.62. The van der Waals surface area contributed by atoms with Crippen LogP contribution in [-0.2, 0) is 17.5 Å². The van der Waals surface area contributed by atoms with Gasteiger partial charge in [0, 0.05) is 57.4 Å². The number of hydrogen-bond donors (Lipinski definition) is 0. The monoisotopic (exact) mass is 467 g/mol. The minimum atomic E-state index is -4.36. The summed E-state index contributed by atoms with van der Waals surface area (Å²) in [6, 6.07) is 9.28. The maximum Gasteiger partial charge on any atom is 0.416 e. The summed E-state index contributed by atoms with van der Waals surface area (Å²) >= 11 is 0. The predicted octanol–water partition coefficient (Wildman–Crippen LogP) is 4.69. The average Bonchev–Trinajstić information content (AvgIpc) is 2.98. The van der Waals surface area contributed by atoms with Crippen LogP contribution >= 0.6 is 0 Å². The van der Waals surface area contributed by atoms with Gasteiger partial charge in [0.25, 0.3) is 0 Å². The highest BCUT2D eigenvalue weighted by atomic mass is 19.4. The van der Waals surface area contributed by atoms with Crippen molar-refractivity contribution < 1.29 is 26.7 Å². The zero-order chi connectivity index (χ0) is 23.6. The number of halogens is 5. The van der Waals surface area contributed by atoms with Crippen molar-refractivity contribution in [1.29, 1.82) is 0 Å². The van der Waals surface area contributed by atoms with E-state index in [1.807, 2.05) is 4.90 Å². The zero-order valence-corrected chi connectivity index (χ0v) is 18.1. The number of hydrogen-bond acceptors (Lipinski definition) is 3. The number of carbonyl (C=O) groups is 1. The quantitative estimate of drug-likeness (QED) is 0.611. The summed E-state index contributed by atoms with van der Waals surface area (Å²) in [6.45, 7) is 3.41. The third-order valence-corrected chi connectivity index (χ3v) is 6.50. The molecular formula is C24H26F5N3O. The van der Waals surface area contributed by atoms with Crippen LogP contribution in [0.4, 0.5) is 27.6 Å². The summed E-state index contributed by atoms with van der Waals surface area (Å²) in [5.41, 5.74) is 0.472. The molecule has 2 aromatic rings. The van der Waals surface area contributed by atoms with Crippen LogP contribution in [0, 0.1) is 11.6 Å². The van der Waals surface area contributed by atoms with E-state index in [1.54, 1.807) is 11.0 Å². The van der Waals surface area contributed by atoms with E-state index in [9.17, 15) is 26.7 Å². The molecule has 0 spiro atoms. The summed E-state index contributed by atoms with van der Waals surface area (Å²) in [6.07, 6.45) is -2.52. The fraction of sp³-hybridized carbons (Fsp3) is 0.458. The number of nitrogens with zero attached hydrogens (tertiary/aromatic N) is 3. The summed E-state index contributed by atoms with van der Waals surface area (Å²) in [5.74, 6) is -1.85. The van der Waals surface area contributed by atoms with Gasteiger partial charge < -0.3 is 9.80 Å². The summed E-state index contributed by atoms with van der Waals surface area (Å²) in [5, 5.41) is 0. The van der Waals surface area contributed by atoms with Crippen molar-refractivity contribution in [2.24, 2.45) is 0 Å². The predicted molar refractivity (Wildman–Crippen MR) is 115 cm³/mol. The van der Waals surface area contributed by atoms with Gasteiger partial charge in [-0.2, -0.15) is 13.2 Å². The van der Waals surface area contributed by atoms with Gasteiger partial charge in [0.15, 0.2) is 11.6 Å². The number of anilines is 1. The Kier molecular flexibility index (Phi) is 6.88. The summed E-state index contributed by atoms with van der Waals surface area (Å²) < 4.78 is 65.7. The molecule has 0 saturated carbocycles. The molecule has 2 heterocycles. The lowest BCUT2D eigenvalue weighted by Gasteiger charge is -2.40. The van der Waals surface area contributed by atoms with E-state index in [0.29, 0.717) is 56.8 Å². The largest absolute Gasteiger partial charge is 0.416 e. The van der Waals surface area contributed by atoms with Crippen LogP contribution in [0.25, 0.3) is 0 Å². The van der Waals surface area contributed by atoms with Gasteiger partial charge in [-0.05, 0) is 48.7 Å². The molecule has 0 aromatic heterocycles. The van der Waals surface area contributed by atoms with Crippen molar-refractivity contribution in [1.82, 2.24) is 9.80 Å². The lowest BCUT2D eigenvalue weighted by molar-refractivity contribution is -0.137. The Labute approximate surface area is 189 Å². The lowest BCUT2D eigenvalue weighted by Crippen LogP contribution is -2.50. The number of amides is 1. The van der Waals surface area contributed by atoms with Crippen LogP contribution in [0.2, 0.25) is 0 Å². The number of benzene rings is 2. The van der Waals surface area contributed by atoms with Crippen molar-refractivity contribution in [3.05, 3.63) is 65.2 Å². The van der Waals surface area contributed by atoms with E-state index < -0.39 is 23.4 Å². The molecule has 0 N–H and O–H groups in total. The van der Waals surface area contributed by atoms with Crippen molar-refractivity contribution in [2.45, 2.75) is 38.0 Å². The first-order valence-electron chi connectivity index (χ1n) is 11.1. The highest BCUT2D eigenvalue weighted by molar-refractivity contribution is 5.76. The molecule has 9 heteroatoms. The van der Waals surface area contributed by atoms with Gasteiger partial charge in [-0.1, -0.05) is 12.1 Å². The molecule has 33 heavy (non-hydrogen) atoms. The normalized spacial score (nSPS) is 20.8. The van der Waals surface area contributed by atoms with Crippen molar-refractivity contribution >= 4 is 11.6 Å². The lowest BCUT2D eigenvalue weighted by atomic mass is 10.1. The molecule has 2 saturated heterocycles. The number of carbonyl (C=O) groups excluding carboxylic acids is 1. The first kappa shape index (κ1) is 23.5. The molecule has 2 aliphatic heterocycles. The minimum absolute atomic E-state index is 0.00941. The van der Waals surface area contributed by atoms with Crippen molar-refractivity contribution in [3.63, 3.8) is 0 Å². The van der Waals surface area contributed by atoms with Crippen LogP contribution in [0.15, 0.2) is 42.5 Å². The highest BCUT2D eigenvalue weighted by Gasteiger charge is 2.32. The Bertz CT molecular complexity index is 988. The first-order chi connectivity index (χ1) is 15.7. The molecule has 2 fully saturated rings. The molecule has 0 bridgehead atoms. The third kappa shape index (κ3) is 5.63. The Morgan fingerprint density at radius 2 is 1.64 bits per heavy atom. The standard InChI is InChI=1S/C24H26F5N3O/c25-21-6-4-17(14-22(21)26)16-32-9-8-19(5-7-23(32)33)30-10-12-31(13-11-30)20-3-1-2-18(15-20)24(27,28)29/h1-4,6,14-15,19H,5,7-13,16H2/t19-/m0/s1.